The molecule has 7 heteroatoms. The van der Waals surface area contributed by atoms with E-state index in [-0.39, 0.29) is 11.8 Å². The Morgan fingerprint density at radius 3 is 2.32 bits per heavy atom. The highest BCUT2D eigenvalue weighted by Gasteiger charge is 2.27. The molecule has 1 saturated heterocycles. The number of aliphatic imine (C=N–C) groups is 1. The summed E-state index contributed by atoms with van der Waals surface area (Å²) in [5.41, 5.74) is 4.60. The van der Waals surface area contributed by atoms with E-state index in [0.717, 1.165) is 43.0 Å². The van der Waals surface area contributed by atoms with Gasteiger partial charge >= 0.3 is 0 Å². The zero-order valence-electron chi connectivity index (χ0n) is 19.1. The summed E-state index contributed by atoms with van der Waals surface area (Å²) in [6.07, 6.45) is -1.05. The molecule has 7 nitrogen and oxygen atoms in total. The Hall–Kier alpha value is -3.97. The zero-order chi connectivity index (χ0) is 23.5. The maximum atomic E-state index is 13.0. The molecular formula is C27H27N5O2. The molecule has 5 rings (SSSR count). The fourth-order valence-corrected chi connectivity index (χ4v) is 4.28. The minimum absolute atomic E-state index is 0.341. The van der Waals surface area contributed by atoms with Gasteiger partial charge in [0.05, 0.1) is 11.4 Å². The summed E-state index contributed by atoms with van der Waals surface area (Å²) in [5, 5.41) is 5.71. The molecule has 3 aromatic rings. The molecule has 2 amide bonds. The van der Waals surface area contributed by atoms with Crippen molar-refractivity contribution in [3.63, 3.8) is 0 Å². The van der Waals surface area contributed by atoms with Gasteiger partial charge in [-0.25, -0.2) is 4.99 Å². The van der Waals surface area contributed by atoms with E-state index in [4.69, 9.17) is 4.99 Å². The van der Waals surface area contributed by atoms with Crippen molar-refractivity contribution in [2.45, 2.75) is 6.17 Å². The van der Waals surface area contributed by atoms with Gasteiger partial charge in [-0.1, -0.05) is 48.5 Å². The lowest BCUT2D eigenvalue weighted by Crippen LogP contribution is -2.44. The molecular weight excluding hydrogens is 426 g/mol. The number of amides is 2. The molecule has 2 aliphatic heterocycles. The topological polar surface area (TPSA) is 77.0 Å². The van der Waals surface area contributed by atoms with Crippen LogP contribution in [0.15, 0.2) is 83.9 Å². The van der Waals surface area contributed by atoms with Gasteiger partial charge in [-0.3, -0.25) is 9.59 Å². The summed E-state index contributed by atoms with van der Waals surface area (Å²) in [4.78, 5) is 35.3. The Balaban J connectivity index is 1.38. The first-order valence-corrected chi connectivity index (χ1v) is 11.5. The molecule has 34 heavy (non-hydrogen) atoms. The molecule has 0 saturated carbocycles. The number of likely N-dealkylation sites (N-methyl/N-ethyl adjacent to an activating group) is 1. The largest absolute Gasteiger partial charge is 0.369 e. The first kappa shape index (κ1) is 21.9. The molecule has 0 bridgehead atoms. The second-order valence-corrected chi connectivity index (χ2v) is 8.59. The molecule has 2 heterocycles. The molecule has 2 N–H and O–H groups in total. The highest BCUT2D eigenvalue weighted by Crippen LogP contribution is 2.24. The van der Waals surface area contributed by atoms with Gasteiger partial charge in [-0.2, -0.15) is 0 Å². The molecule has 0 spiro atoms. The second-order valence-electron chi connectivity index (χ2n) is 8.59. The minimum Gasteiger partial charge on any atom is -0.369 e. The average molecular weight is 454 g/mol. The van der Waals surface area contributed by atoms with Crippen LogP contribution in [0.1, 0.15) is 21.5 Å². The lowest BCUT2D eigenvalue weighted by atomic mass is 10.0. The molecule has 3 aromatic carbocycles. The molecule has 1 atom stereocenters. The van der Waals surface area contributed by atoms with Gasteiger partial charge in [0.15, 0.2) is 0 Å². The van der Waals surface area contributed by atoms with Crippen molar-refractivity contribution in [1.29, 1.82) is 0 Å². The van der Waals surface area contributed by atoms with Crippen molar-refractivity contribution in [2.75, 3.05) is 43.4 Å². The fourth-order valence-electron chi connectivity index (χ4n) is 4.28. The van der Waals surface area contributed by atoms with Crippen LogP contribution in [0.2, 0.25) is 0 Å². The predicted molar refractivity (Wildman–Crippen MR) is 135 cm³/mol. The number of carbonyl (C=O) groups excluding carboxylic acids is 2. The number of para-hydroxylation sites is 1. The maximum absolute atomic E-state index is 13.0. The number of carbonyl (C=O) groups is 2. The van der Waals surface area contributed by atoms with Crippen LogP contribution in [0.5, 0.6) is 0 Å². The van der Waals surface area contributed by atoms with Crippen LogP contribution < -0.4 is 15.5 Å². The Morgan fingerprint density at radius 2 is 1.59 bits per heavy atom. The van der Waals surface area contributed by atoms with Crippen molar-refractivity contribution >= 4 is 28.9 Å². The van der Waals surface area contributed by atoms with Gasteiger partial charge in [0.2, 0.25) is 6.17 Å². The first-order valence-electron chi connectivity index (χ1n) is 11.5. The third-order valence-electron chi connectivity index (χ3n) is 6.26. The van der Waals surface area contributed by atoms with E-state index in [1.165, 1.54) is 0 Å². The molecule has 1 fully saturated rings. The lowest BCUT2D eigenvalue weighted by molar-refractivity contribution is -0.117. The van der Waals surface area contributed by atoms with E-state index >= 15 is 0 Å². The number of rotatable bonds is 4. The number of hydrogen-bond donors (Lipinski definition) is 2. The molecule has 0 aliphatic carbocycles. The van der Waals surface area contributed by atoms with E-state index in [0.29, 0.717) is 17.0 Å². The van der Waals surface area contributed by atoms with Gasteiger partial charge < -0.3 is 20.4 Å². The highest BCUT2D eigenvalue weighted by atomic mass is 16.2. The molecule has 0 aromatic heterocycles. The van der Waals surface area contributed by atoms with Crippen molar-refractivity contribution in [3.8, 4) is 0 Å². The van der Waals surface area contributed by atoms with Crippen LogP contribution in [0, 0.1) is 0 Å². The van der Waals surface area contributed by atoms with Crippen LogP contribution in [-0.4, -0.2) is 61.8 Å². The number of benzodiazepines with no additional fused rings is 1. The summed E-state index contributed by atoms with van der Waals surface area (Å²) < 4.78 is 0. The van der Waals surface area contributed by atoms with Gasteiger partial charge in [0.1, 0.15) is 0 Å². The van der Waals surface area contributed by atoms with E-state index in [2.05, 4.69) is 27.5 Å². The normalized spacial score (nSPS) is 18.4. The third kappa shape index (κ3) is 4.56. The van der Waals surface area contributed by atoms with Gasteiger partial charge in [0.25, 0.3) is 11.8 Å². The summed E-state index contributed by atoms with van der Waals surface area (Å²) in [7, 11) is 2.12. The quantitative estimate of drug-likeness (QED) is 0.637. The summed E-state index contributed by atoms with van der Waals surface area (Å²) >= 11 is 0. The standard InChI is InChI=1S/C27H27N5O2/c1-31-15-17-32(18-16-31)21-13-11-20(12-14-21)26(33)30-25-27(34)28-23-10-6-5-9-22(23)24(29-25)19-7-3-2-4-8-19/h2-14,25H,15-18H2,1H3,(H,28,34)(H,30,33)/t25-/m1/s1. The molecule has 0 unspecified atom stereocenters. The Bertz CT molecular complexity index is 1220. The Morgan fingerprint density at radius 1 is 0.912 bits per heavy atom. The van der Waals surface area contributed by atoms with Gasteiger partial charge in [-0.05, 0) is 37.4 Å². The van der Waals surface area contributed by atoms with Crippen LogP contribution in [0.4, 0.5) is 11.4 Å². The lowest BCUT2D eigenvalue weighted by Gasteiger charge is -2.34. The molecule has 2 aliphatic rings. The zero-order valence-corrected chi connectivity index (χ0v) is 19.1. The number of benzene rings is 3. The van der Waals surface area contributed by atoms with Crippen molar-refractivity contribution in [1.82, 2.24) is 10.2 Å². The minimum atomic E-state index is -1.05. The third-order valence-corrected chi connectivity index (χ3v) is 6.26. The van der Waals surface area contributed by atoms with E-state index in [9.17, 15) is 9.59 Å². The Kier molecular flexibility index (Phi) is 6.10. The fraction of sp³-hybridized carbons (Fsp3) is 0.222. The van der Waals surface area contributed by atoms with Crippen molar-refractivity contribution < 1.29 is 9.59 Å². The van der Waals surface area contributed by atoms with E-state index < -0.39 is 6.17 Å². The second kappa shape index (κ2) is 9.49. The first-order chi connectivity index (χ1) is 16.6. The number of anilines is 2. The number of nitrogens with zero attached hydrogens (tertiary/aromatic N) is 3. The van der Waals surface area contributed by atoms with Crippen LogP contribution in [0.3, 0.4) is 0 Å². The number of piperazine rings is 1. The summed E-state index contributed by atoms with van der Waals surface area (Å²) in [6.45, 7) is 3.95. The maximum Gasteiger partial charge on any atom is 0.269 e. The van der Waals surface area contributed by atoms with Gasteiger partial charge in [0, 0.05) is 48.6 Å². The smallest absolute Gasteiger partial charge is 0.269 e. The monoisotopic (exact) mass is 453 g/mol. The van der Waals surface area contributed by atoms with Crippen LogP contribution >= 0.6 is 0 Å². The average Bonchev–Trinajstić information content (AvgIpc) is 3.01. The van der Waals surface area contributed by atoms with Crippen LogP contribution in [-0.2, 0) is 4.79 Å². The number of fused-ring (bicyclic) bond motifs is 1. The molecule has 172 valence electrons. The van der Waals surface area contributed by atoms with Gasteiger partial charge in [-0.15, -0.1) is 0 Å². The summed E-state index contributed by atoms with van der Waals surface area (Å²) in [6, 6.07) is 24.7. The highest BCUT2D eigenvalue weighted by molar-refractivity contribution is 6.20. The number of nitrogens with one attached hydrogen (secondary N) is 2. The van der Waals surface area contributed by atoms with Crippen molar-refractivity contribution in [2.24, 2.45) is 4.99 Å². The number of hydrogen-bond acceptors (Lipinski definition) is 5. The SMILES string of the molecule is CN1CCN(c2ccc(C(=O)N[C@H]3N=C(c4ccccc4)c4ccccc4NC3=O)cc2)CC1. The van der Waals surface area contributed by atoms with E-state index in [1.807, 2.05) is 66.7 Å². The van der Waals surface area contributed by atoms with Crippen molar-refractivity contribution in [3.05, 3.63) is 95.6 Å². The van der Waals surface area contributed by atoms with E-state index in [1.54, 1.807) is 12.1 Å². The summed E-state index contributed by atoms with van der Waals surface area (Å²) in [5.74, 6) is -0.715. The Labute approximate surface area is 199 Å². The molecule has 0 radical (unpaired) electrons. The van der Waals surface area contributed by atoms with Crippen LogP contribution in [0.25, 0.3) is 0 Å². The predicted octanol–water partition coefficient (Wildman–Crippen LogP) is 2.98.